The average molecular weight is 504 g/mol. The van der Waals surface area contributed by atoms with E-state index in [1.165, 1.54) is 16.3 Å². The van der Waals surface area contributed by atoms with Gasteiger partial charge >= 0.3 is 0 Å². The first-order chi connectivity index (χ1) is 12.4. The highest BCUT2D eigenvalue weighted by atomic mass is 127. The number of guanidine groups is 1. The van der Waals surface area contributed by atoms with Gasteiger partial charge in [-0.3, -0.25) is 9.67 Å². The van der Waals surface area contributed by atoms with E-state index in [4.69, 9.17) is 4.99 Å². The fourth-order valence-electron chi connectivity index (χ4n) is 2.96. The van der Waals surface area contributed by atoms with E-state index in [0.717, 1.165) is 49.7 Å². The molecule has 2 aromatic heterocycles. The molecule has 0 fully saturated rings. The number of halogens is 1. The normalized spacial score (nSPS) is 12.6. The molecular weight excluding hydrogens is 471 g/mol. The number of nitrogens with zero attached hydrogens (tertiary/aromatic N) is 4. The second kappa shape index (κ2) is 11.6. The summed E-state index contributed by atoms with van der Waals surface area (Å²) in [5.74, 6) is 0.884. The molecule has 0 spiro atoms. The Hall–Kier alpha value is -1.16. The predicted molar refractivity (Wildman–Crippen MR) is 126 cm³/mol. The molecule has 0 bridgehead atoms. The van der Waals surface area contributed by atoms with Gasteiger partial charge in [-0.05, 0) is 53.0 Å². The molecule has 2 rings (SSSR count). The summed E-state index contributed by atoms with van der Waals surface area (Å²) in [7, 11) is 2.00. The van der Waals surface area contributed by atoms with Crippen molar-refractivity contribution in [1.29, 1.82) is 0 Å². The third-order valence-corrected chi connectivity index (χ3v) is 5.41. The summed E-state index contributed by atoms with van der Waals surface area (Å²) in [6, 6.07) is 0.288. The molecule has 0 aliphatic heterocycles. The second-order valence-corrected chi connectivity index (χ2v) is 7.71. The first kappa shape index (κ1) is 23.9. The molecule has 0 radical (unpaired) electrons. The predicted octanol–water partition coefficient (Wildman–Crippen LogP) is 3.54. The topological polar surface area (TPSA) is 67.1 Å². The van der Waals surface area contributed by atoms with Gasteiger partial charge in [-0.2, -0.15) is 5.10 Å². The van der Waals surface area contributed by atoms with Crippen LogP contribution < -0.4 is 10.6 Å². The minimum absolute atomic E-state index is 0. The van der Waals surface area contributed by atoms with Crippen molar-refractivity contribution in [2.24, 2.45) is 12.0 Å². The van der Waals surface area contributed by atoms with E-state index in [1.807, 2.05) is 18.7 Å². The lowest BCUT2D eigenvalue weighted by molar-refractivity contribution is 0.634. The van der Waals surface area contributed by atoms with E-state index in [2.05, 4.69) is 53.8 Å². The van der Waals surface area contributed by atoms with Gasteiger partial charge in [-0.15, -0.1) is 35.3 Å². The number of nitrogens with one attached hydrogen (secondary N) is 2. The Bertz CT molecular complexity index is 737. The lowest BCUT2D eigenvalue weighted by atomic mass is 10.1. The summed E-state index contributed by atoms with van der Waals surface area (Å²) in [6.45, 7) is 12.2. The zero-order chi connectivity index (χ0) is 19.1. The largest absolute Gasteiger partial charge is 0.357 e. The minimum Gasteiger partial charge on any atom is -0.357 e. The number of rotatable bonds is 8. The van der Waals surface area contributed by atoms with Gasteiger partial charge in [-0.1, -0.05) is 0 Å². The Morgan fingerprint density at radius 2 is 2.07 bits per heavy atom. The van der Waals surface area contributed by atoms with Crippen molar-refractivity contribution in [2.45, 2.75) is 59.9 Å². The fourth-order valence-corrected chi connectivity index (χ4v) is 3.78. The van der Waals surface area contributed by atoms with Crippen LogP contribution in [-0.2, 0) is 19.9 Å². The average Bonchev–Trinajstić information content (AvgIpc) is 3.10. The first-order valence-electron chi connectivity index (χ1n) is 9.35. The maximum atomic E-state index is 4.72. The van der Waals surface area contributed by atoms with E-state index in [9.17, 15) is 0 Å². The van der Waals surface area contributed by atoms with Gasteiger partial charge in [0.15, 0.2) is 5.96 Å². The number of hydrogen-bond donors (Lipinski definition) is 2. The summed E-state index contributed by atoms with van der Waals surface area (Å²) >= 11 is 1.74. The van der Waals surface area contributed by atoms with Crippen LogP contribution in [0.4, 0.5) is 0 Å². The molecule has 2 heterocycles. The number of hydrogen-bond acceptors (Lipinski definition) is 4. The molecule has 2 N–H and O–H groups in total. The maximum Gasteiger partial charge on any atom is 0.191 e. The van der Waals surface area contributed by atoms with Crippen LogP contribution in [0.2, 0.25) is 0 Å². The zero-order valence-electron chi connectivity index (χ0n) is 17.3. The van der Waals surface area contributed by atoms with E-state index >= 15 is 0 Å². The van der Waals surface area contributed by atoms with E-state index in [0.29, 0.717) is 0 Å². The summed E-state index contributed by atoms with van der Waals surface area (Å²) in [6.07, 6.45) is 2.94. The fraction of sp³-hybridized carbons (Fsp3) is 0.632. The van der Waals surface area contributed by atoms with Crippen molar-refractivity contribution in [2.75, 3.05) is 13.1 Å². The van der Waals surface area contributed by atoms with E-state index in [1.54, 1.807) is 11.3 Å². The number of aryl methyl sites for hydroxylation is 4. The highest BCUT2D eigenvalue weighted by Gasteiger charge is 2.14. The third kappa shape index (κ3) is 7.40. The van der Waals surface area contributed by atoms with Gasteiger partial charge in [0.05, 0.1) is 10.7 Å². The van der Waals surface area contributed by atoms with E-state index in [-0.39, 0.29) is 30.0 Å². The van der Waals surface area contributed by atoms with Gasteiger partial charge in [0.1, 0.15) is 0 Å². The van der Waals surface area contributed by atoms with Crippen LogP contribution in [0.1, 0.15) is 47.9 Å². The van der Waals surface area contributed by atoms with Gasteiger partial charge in [0, 0.05) is 49.4 Å². The van der Waals surface area contributed by atoms with Crippen molar-refractivity contribution in [3.05, 3.63) is 33.0 Å². The molecule has 27 heavy (non-hydrogen) atoms. The Labute approximate surface area is 184 Å². The molecule has 1 unspecified atom stereocenters. The molecule has 6 nitrogen and oxygen atoms in total. The van der Waals surface area contributed by atoms with Crippen LogP contribution in [-0.4, -0.2) is 39.9 Å². The zero-order valence-corrected chi connectivity index (χ0v) is 20.4. The minimum atomic E-state index is 0. The molecule has 1 atom stereocenters. The number of aromatic nitrogens is 3. The highest BCUT2D eigenvalue weighted by Crippen LogP contribution is 2.14. The lowest BCUT2D eigenvalue weighted by Crippen LogP contribution is -2.43. The smallest absolute Gasteiger partial charge is 0.191 e. The van der Waals surface area contributed by atoms with Crippen molar-refractivity contribution in [3.63, 3.8) is 0 Å². The molecule has 2 aromatic rings. The Morgan fingerprint density at radius 3 is 2.63 bits per heavy atom. The number of thiazole rings is 1. The summed E-state index contributed by atoms with van der Waals surface area (Å²) < 4.78 is 1.96. The molecule has 8 heteroatoms. The molecule has 0 saturated heterocycles. The first-order valence-corrected chi connectivity index (χ1v) is 10.2. The standard InChI is InChI=1S/C19H32N6S.HI/c1-7-20-19(21-10-8-9-18-22-14(3)12-26-18)23-13(2)11-17-15(4)24-25(6)16(17)5;/h12-13H,7-11H2,1-6H3,(H2,20,21,23);1H. The molecule has 0 saturated carbocycles. The van der Waals surface area contributed by atoms with Crippen molar-refractivity contribution in [3.8, 4) is 0 Å². The van der Waals surface area contributed by atoms with Gasteiger partial charge in [-0.25, -0.2) is 4.98 Å². The van der Waals surface area contributed by atoms with Crippen molar-refractivity contribution in [1.82, 2.24) is 25.4 Å². The van der Waals surface area contributed by atoms with Gasteiger partial charge in [0.25, 0.3) is 0 Å². The number of aliphatic imine (C=N–C) groups is 1. The molecule has 0 aromatic carbocycles. The van der Waals surface area contributed by atoms with Crippen LogP contribution >= 0.6 is 35.3 Å². The Kier molecular flexibility index (Phi) is 10.3. The lowest BCUT2D eigenvalue weighted by Gasteiger charge is -2.18. The highest BCUT2D eigenvalue weighted by molar-refractivity contribution is 14.0. The monoisotopic (exact) mass is 504 g/mol. The van der Waals surface area contributed by atoms with Gasteiger partial charge in [0.2, 0.25) is 0 Å². The van der Waals surface area contributed by atoms with Crippen LogP contribution in [0.15, 0.2) is 10.4 Å². The van der Waals surface area contributed by atoms with Crippen molar-refractivity contribution >= 4 is 41.3 Å². The summed E-state index contributed by atoms with van der Waals surface area (Å²) in [5, 5.41) is 14.7. The van der Waals surface area contributed by atoms with Crippen LogP contribution in [0, 0.1) is 20.8 Å². The molecule has 0 amide bonds. The third-order valence-electron chi connectivity index (χ3n) is 4.38. The summed E-state index contributed by atoms with van der Waals surface area (Å²) in [4.78, 5) is 9.23. The SMILES string of the molecule is CCNC(=NCCCc1nc(C)cs1)NC(C)Cc1c(C)nn(C)c1C.I. The summed E-state index contributed by atoms with van der Waals surface area (Å²) in [5.41, 5.74) is 4.77. The van der Waals surface area contributed by atoms with E-state index < -0.39 is 0 Å². The van der Waals surface area contributed by atoms with Crippen LogP contribution in [0.3, 0.4) is 0 Å². The molecule has 0 aliphatic carbocycles. The Balaban J connectivity index is 0.00000364. The molecule has 152 valence electrons. The quantitative estimate of drug-likeness (QED) is 0.250. The second-order valence-electron chi connectivity index (χ2n) is 6.77. The maximum absolute atomic E-state index is 4.72. The molecular formula is C19H33IN6S. The van der Waals surface area contributed by atoms with Crippen LogP contribution in [0.25, 0.3) is 0 Å². The Morgan fingerprint density at radius 1 is 1.33 bits per heavy atom. The van der Waals surface area contributed by atoms with Crippen molar-refractivity contribution < 1.29 is 0 Å². The van der Waals surface area contributed by atoms with Gasteiger partial charge < -0.3 is 10.6 Å². The molecule has 0 aliphatic rings. The van der Waals surface area contributed by atoms with Crippen LogP contribution in [0.5, 0.6) is 0 Å².